The average molecular weight is 757 g/mol. The lowest BCUT2D eigenvalue weighted by molar-refractivity contribution is -0.156. The molecule has 6 unspecified atom stereocenters. The number of hydrogen-bond acceptors (Lipinski definition) is 8. The third-order valence-electron chi connectivity index (χ3n) is 9.01. The van der Waals surface area contributed by atoms with Crippen molar-refractivity contribution in [1.29, 1.82) is 0 Å². The minimum Gasteiger partial charge on any atom is -0.462 e. The summed E-state index contributed by atoms with van der Waals surface area (Å²) in [5.74, 6) is -4.45. The number of carbonyl (C=O) groups excluding carboxylic acids is 4. The molecule has 0 heterocycles. The van der Waals surface area contributed by atoms with Crippen molar-refractivity contribution in [3.63, 3.8) is 0 Å². The van der Waals surface area contributed by atoms with Gasteiger partial charge in [-0.15, -0.1) is 0 Å². The summed E-state index contributed by atoms with van der Waals surface area (Å²) in [7, 11) is 0. The summed E-state index contributed by atoms with van der Waals surface area (Å²) in [6.45, 7) is 8.32. The van der Waals surface area contributed by atoms with Crippen molar-refractivity contribution in [2.75, 3.05) is 13.2 Å². The van der Waals surface area contributed by atoms with Crippen LogP contribution in [-0.2, 0) is 19.1 Å². The van der Waals surface area contributed by atoms with E-state index in [4.69, 9.17) is 88.6 Å². The molecule has 2 fully saturated rings. The Hall–Kier alpha value is -1.94. The molecule has 0 aromatic heterocycles. The van der Waals surface area contributed by atoms with Crippen LogP contribution in [0, 0.1) is 35.5 Å². The third-order valence-corrected chi connectivity index (χ3v) is 11.1. The summed E-state index contributed by atoms with van der Waals surface area (Å²) in [5.41, 5.74) is -0.915. The zero-order valence-electron chi connectivity index (χ0n) is 25.4. The maximum Gasteiger partial charge on any atom is 0.423 e. The smallest absolute Gasteiger partial charge is 0.423 e. The van der Waals surface area contributed by atoms with E-state index in [0.29, 0.717) is 23.7 Å². The highest BCUT2D eigenvalue weighted by atomic mass is 35.5. The molecule has 0 radical (unpaired) electrons. The van der Waals surface area contributed by atoms with Crippen molar-refractivity contribution in [2.24, 2.45) is 35.5 Å². The maximum absolute atomic E-state index is 13.1. The van der Waals surface area contributed by atoms with Crippen molar-refractivity contribution in [2.45, 2.75) is 53.4 Å². The first-order valence-corrected chi connectivity index (χ1v) is 17.0. The summed E-state index contributed by atoms with van der Waals surface area (Å²) >= 11 is 37.4. The monoisotopic (exact) mass is 754 g/mol. The molecule has 0 aliphatic heterocycles. The van der Waals surface area contributed by atoms with E-state index in [9.17, 15) is 19.2 Å². The minimum atomic E-state index is -1.64. The Balaban J connectivity index is 1.52. The summed E-state index contributed by atoms with van der Waals surface area (Å²) in [6, 6.07) is 2.26. The van der Waals surface area contributed by atoms with Gasteiger partial charge in [0.25, 0.3) is 0 Å². The Morgan fingerprint density at radius 2 is 0.978 bits per heavy atom. The van der Waals surface area contributed by atoms with Gasteiger partial charge >= 0.3 is 23.9 Å². The van der Waals surface area contributed by atoms with E-state index >= 15 is 0 Å². The number of hydrogen-bond donors (Lipinski definition) is 0. The fraction of sp³-hybridized carbons (Fsp3) is 0.500. The van der Waals surface area contributed by atoms with Crippen LogP contribution >= 0.6 is 69.6 Å². The Morgan fingerprint density at radius 1 is 0.630 bits per heavy atom. The molecule has 2 aliphatic carbocycles. The first-order chi connectivity index (χ1) is 21.6. The summed E-state index contributed by atoms with van der Waals surface area (Å²) in [4.78, 5) is 52.3. The van der Waals surface area contributed by atoms with E-state index in [1.807, 2.05) is 13.8 Å². The van der Waals surface area contributed by atoms with Gasteiger partial charge in [-0.1, -0.05) is 110 Å². The fourth-order valence-corrected chi connectivity index (χ4v) is 7.31. The number of ether oxygens (including phenoxy) is 4. The molecule has 2 aromatic carbocycles. The minimum absolute atomic E-state index is 0.0592. The molecule has 0 bridgehead atoms. The van der Waals surface area contributed by atoms with Crippen LogP contribution in [0.5, 0.6) is 11.5 Å². The van der Waals surface area contributed by atoms with E-state index in [2.05, 4.69) is 13.8 Å². The number of carbonyl (C=O) groups is 4. The molecule has 0 N–H and O–H groups in total. The van der Waals surface area contributed by atoms with Crippen LogP contribution in [0.3, 0.4) is 0 Å². The molecule has 2 aromatic rings. The second-order valence-electron chi connectivity index (χ2n) is 12.1. The second-order valence-corrected chi connectivity index (χ2v) is 14.5. The molecule has 46 heavy (non-hydrogen) atoms. The lowest BCUT2D eigenvalue weighted by Crippen LogP contribution is -2.32. The standard InChI is InChI=1S/C32H32Cl6O8/c1-13-5-7-17(13)15(3)11-43-29(39)23-25(37)19(33)9-21(35)27(23)45-31(41)32(42)46-28-22(36)10-20(34)26(38)24(28)30(40)44-12-16(4)18-8-6-14(18)2/h9-10,13-18H,5-8,11-12H2,1-4H3. The SMILES string of the molecule is CC1CCC1C(C)COC(=O)c1c(Cl)c(Cl)cc(Cl)c1OC(=O)C(=O)Oc1c(Cl)cc(Cl)c(Cl)c1C(=O)OCC(C)C1CCC1C. The van der Waals surface area contributed by atoms with Crippen molar-refractivity contribution in [1.82, 2.24) is 0 Å². The molecule has 2 aliphatic rings. The van der Waals surface area contributed by atoms with Gasteiger partial charge in [0, 0.05) is 0 Å². The first-order valence-electron chi connectivity index (χ1n) is 14.7. The molecule has 14 heteroatoms. The first kappa shape index (κ1) is 36.9. The Bertz CT molecular complexity index is 1430. The number of benzene rings is 2. The van der Waals surface area contributed by atoms with Crippen LogP contribution < -0.4 is 9.47 Å². The van der Waals surface area contributed by atoms with Gasteiger partial charge in [0.1, 0.15) is 11.1 Å². The highest BCUT2D eigenvalue weighted by Crippen LogP contribution is 2.43. The maximum atomic E-state index is 13.1. The van der Waals surface area contributed by atoms with Gasteiger partial charge in [0.05, 0.1) is 43.3 Å². The molecule has 250 valence electrons. The zero-order valence-corrected chi connectivity index (χ0v) is 29.9. The van der Waals surface area contributed by atoms with Gasteiger partial charge < -0.3 is 18.9 Å². The summed E-state index contributed by atoms with van der Waals surface area (Å²) in [5, 5.41) is -1.47. The topological polar surface area (TPSA) is 105 Å². The van der Waals surface area contributed by atoms with Crippen LogP contribution in [-0.4, -0.2) is 37.1 Å². The van der Waals surface area contributed by atoms with Crippen molar-refractivity contribution in [3.8, 4) is 11.5 Å². The van der Waals surface area contributed by atoms with Crippen LogP contribution in [0.15, 0.2) is 12.1 Å². The summed E-state index contributed by atoms with van der Waals surface area (Å²) < 4.78 is 21.3. The second kappa shape index (κ2) is 15.5. The molecular weight excluding hydrogens is 725 g/mol. The fourth-order valence-electron chi connectivity index (χ4n) is 5.87. The molecule has 2 saturated carbocycles. The molecule has 0 spiro atoms. The number of halogens is 6. The highest BCUT2D eigenvalue weighted by molar-refractivity contribution is 6.47. The van der Waals surface area contributed by atoms with Crippen LogP contribution in [0.1, 0.15) is 74.1 Å². The predicted octanol–water partition coefficient (Wildman–Crippen LogP) is 9.80. The van der Waals surface area contributed by atoms with Crippen LogP contribution in [0.2, 0.25) is 30.1 Å². The van der Waals surface area contributed by atoms with Crippen molar-refractivity contribution >= 4 is 93.5 Å². The van der Waals surface area contributed by atoms with Gasteiger partial charge in [-0.25, -0.2) is 19.2 Å². The van der Waals surface area contributed by atoms with Gasteiger partial charge in [-0.2, -0.15) is 0 Å². The van der Waals surface area contributed by atoms with Crippen molar-refractivity contribution < 1.29 is 38.1 Å². The highest BCUT2D eigenvalue weighted by Gasteiger charge is 2.36. The lowest BCUT2D eigenvalue weighted by Gasteiger charge is -2.38. The summed E-state index contributed by atoms with van der Waals surface area (Å²) in [6.07, 6.45) is 4.25. The largest absolute Gasteiger partial charge is 0.462 e. The Kier molecular flexibility index (Phi) is 12.4. The number of esters is 4. The molecular formula is C32H32Cl6O8. The molecule has 8 nitrogen and oxygen atoms in total. The van der Waals surface area contributed by atoms with E-state index in [0.717, 1.165) is 37.8 Å². The Labute approximate surface area is 297 Å². The van der Waals surface area contributed by atoms with Crippen molar-refractivity contribution in [3.05, 3.63) is 53.4 Å². The molecule has 0 amide bonds. The molecule has 0 saturated heterocycles. The molecule has 4 rings (SSSR count). The van der Waals surface area contributed by atoms with E-state index in [1.165, 1.54) is 0 Å². The quantitative estimate of drug-likeness (QED) is 0.102. The Morgan fingerprint density at radius 3 is 1.26 bits per heavy atom. The van der Waals surface area contributed by atoms with E-state index in [1.54, 1.807) is 0 Å². The van der Waals surface area contributed by atoms with Gasteiger partial charge in [0.2, 0.25) is 0 Å². The van der Waals surface area contributed by atoms with Gasteiger partial charge in [-0.3, -0.25) is 0 Å². The number of rotatable bonds is 10. The lowest BCUT2D eigenvalue weighted by atomic mass is 9.69. The zero-order chi connectivity index (χ0) is 34.0. The van der Waals surface area contributed by atoms with E-state index < -0.39 is 46.5 Å². The predicted molar refractivity (Wildman–Crippen MR) is 177 cm³/mol. The van der Waals surface area contributed by atoms with Gasteiger partial charge in [-0.05, 0) is 60.5 Å². The van der Waals surface area contributed by atoms with Gasteiger partial charge in [0.15, 0.2) is 11.5 Å². The average Bonchev–Trinajstić information content (AvgIpc) is 2.98. The van der Waals surface area contributed by atoms with Crippen LogP contribution in [0.4, 0.5) is 0 Å². The molecule has 6 atom stereocenters. The third kappa shape index (κ3) is 8.01. The normalized spacial score (nSPS) is 21.7. The van der Waals surface area contributed by atoms with Crippen LogP contribution in [0.25, 0.3) is 0 Å². The van der Waals surface area contributed by atoms with E-state index in [-0.39, 0.29) is 55.2 Å².